The van der Waals surface area contributed by atoms with Gasteiger partial charge < -0.3 is 52.3 Å². The Hall–Kier alpha value is -8.10. The highest BCUT2D eigenvalue weighted by Crippen LogP contribution is 2.36. The lowest BCUT2D eigenvalue weighted by molar-refractivity contribution is -0.144. The van der Waals surface area contributed by atoms with Gasteiger partial charge in [0.2, 0.25) is 47.3 Å². The maximum Gasteiger partial charge on any atom is 0.246 e. The molecular formula is C72H96N10O10. The van der Waals surface area contributed by atoms with Gasteiger partial charge in [-0.15, -0.1) is 0 Å². The van der Waals surface area contributed by atoms with Gasteiger partial charge in [0.15, 0.2) is 11.6 Å². The molecule has 10 atom stereocenters. The number of ketones is 2. The van der Waals surface area contributed by atoms with Gasteiger partial charge in [0.05, 0.1) is 24.2 Å². The predicted molar refractivity (Wildman–Crippen MR) is 351 cm³/mol. The van der Waals surface area contributed by atoms with Crippen molar-refractivity contribution in [2.45, 2.75) is 194 Å². The first-order valence-electron chi connectivity index (χ1n) is 32.8. The van der Waals surface area contributed by atoms with E-state index in [-0.39, 0.29) is 147 Å². The van der Waals surface area contributed by atoms with Crippen LogP contribution in [0.25, 0.3) is 0 Å². The molecule has 0 aromatic heterocycles. The molecule has 92 heavy (non-hydrogen) atoms. The lowest BCUT2D eigenvalue weighted by Crippen LogP contribution is -2.59. The summed E-state index contributed by atoms with van der Waals surface area (Å²) in [6, 6.07) is 24.8. The van der Waals surface area contributed by atoms with E-state index in [0.29, 0.717) is 11.1 Å². The number of benzene rings is 4. The molecule has 2 fully saturated rings. The Kier molecular flexibility index (Phi) is 23.5. The van der Waals surface area contributed by atoms with E-state index in [1.807, 2.05) is 77.9 Å². The number of hydrogen-bond acceptors (Lipinski definition) is 12. The molecule has 2 saturated heterocycles. The Labute approximate surface area is 542 Å². The molecule has 0 saturated carbocycles. The first-order chi connectivity index (χ1) is 43.7. The summed E-state index contributed by atoms with van der Waals surface area (Å²) in [6.45, 7) is 15.3. The summed E-state index contributed by atoms with van der Waals surface area (Å²) >= 11 is 0. The van der Waals surface area contributed by atoms with E-state index in [2.05, 4.69) is 54.7 Å². The Bertz CT molecular complexity index is 3120. The van der Waals surface area contributed by atoms with E-state index in [1.54, 1.807) is 86.3 Å². The largest absolute Gasteiger partial charge is 0.352 e. The van der Waals surface area contributed by atoms with Crippen molar-refractivity contribution in [3.8, 4) is 0 Å². The van der Waals surface area contributed by atoms with Crippen molar-refractivity contribution < 1.29 is 47.9 Å². The monoisotopic (exact) mass is 1260 g/mol. The quantitative estimate of drug-likeness (QED) is 0.0324. The molecule has 2 heterocycles. The highest BCUT2D eigenvalue weighted by molar-refractivity contribution is 5.99. The van der Waals surface area contributed by atoms with E-state index in [4.69, 9.17) is 0 Å². The summed E-state index contributed by atoms with van der Waals surface area (Å²) in [4.78, 5) is 141. The fourth-order valence-electron chi connectivity index (χ4n) is 13.1. The number of amides is 8. The molecule has 494 valence electrons. The summed E-state index contributed by atoms with van der Waals surface area (Å²) in [5.74, 6) is -3.69. The van der Waals surface area contributed by atoms with E-state index in [9.17, 15) is 47.9 Å². The van der Waals surface area contributed by atoms with Crippen LogP contribution in [-0.4, -0.2) is 132 Å². The third kappa shape index (κ3) is 17.9. The minimum atomic E-state index is -0.937. The minimum absolute atomic E-state index is 0.0655. The maximum atomic E-state index is 14.6. The lowest BCUT2D eigenvalue weighted by Gasteiger charge is -2.36. The number of nitrogens with zero attached hydrogens (tertiary/aromatic N) is 2. The maximum absolute atomic E-state index is 14.6. The van der Waals surface area contributed by atoms with Gasteiger partial charge in [-0.3, -0.25) is 47.9 Å². The average Bonchev–Trinajstić information content (AvgIpc) is 1.60. The third-order valence-corrected chi connectivity index (χ3v) is 18.8. The number of aryl methyl sites for hydroxylation is 2. The van der Waals surface area contributed by atoms with Crippen molar-refractivity contribution in [3.63, 3.8) is 0 Å². The molecule has 2 aliphatic carbocycles. The molecule has 0 spiro atoms. The molecule has 0 bridgehead atoms. The molecule has 20 nitrogen and oxygen atoms in total. The van der Waals surface area contributed by atoms with Gasteiger partial charge in [-0.2, -0.15) is 0 Å². The zero-order valence-corrected chi connectivity index (χ0v) is 55.3. The van der Waals surface area contributed by atoms with E-state index in [0.717, 1.165) is 60.8 Å². The first-order valence-corrected chi connectivity index (χ1v) is 32.8. The van der Waals surface area contributed by atoms with Crippen molar-refractivity contribution in [1.29, 1.82) is 0 Å². The highest BCUT2D eigenvalue weighted by Gasteiger charge is 2.48. The van der Waals surface area contributed by atoms with Crippen molar-refractivity contribution >= 4 is 58.8 Å². The SMILES string of the molecule is CN[C@@H](C)C(=O)N[C@H](C(=O)N1C[C@@H](CC(=O)c2ccc(CNC(=O)CCC(=O)NCc3ccc(C(=O)C[C@H]4C[C@@H](C(=O)NC5CCCc6ccccc65)N(C(=O)[C@@H](NC(=O)[C@H](C)NC)C(C)(C)C)C4)cc3)cc2)C[C@H]1C(=O)NC1CCCc2ccccc21)C(C)(C)C. The van der Waals surface area contributed by atoms with Crippen LogP contribution in [0.4, 0.5) is 0 Å². The topological polar surface area (TPSA) is 273 Å². The number of fused-ring (bicyclic) bond motifs is 2. The average molecular weight is 1260 g/mol. The molecule has 4 aliphatic rings. The van der Waals surface area contributed by atoms with Crippen molar-refractivity contribution in [3.05, 3.63) is 142 Å². The number of likely N-dealkylation sites (tertiary alicyclic amines) is 2. The van der Waals surface area contributed by atoms with Crippen molar-refractivity contribution in [2.24, 2.45) is 22.7 Å². The van der Waals surface area contributed by atoms with Crippen molar-refractivity contribution in [2.75, 3.05) is 27.2 Å². The zero-order chi connectivity index (χ0) is 66.6. The number of Topliss-reactive ketones (excluding diaryl/α,β-unsaturated/α-hetero) is 2. The zero-order valence-electron chi connectivity index (χ0n) is 55.3. The second-order valence-electron chi connectivity index (χ2n) is 27.9. The number of carbonyl (C=O) groups is 10. The fraction of sp³-hybridized carbons (Fsp3) is 0.528. The van der Waals surface area contributed by atoms with Crippen molar-refractivity contribution in [1.82, 2.24) is 52.3 Å². The summed E-state index contributed by atoms with van der Waals surface area (Å²) in [5, 5.41) is 23.9. The van der Waals surface area contributed by atoms with E-state index >= 15 is 0 Å². The van der Waals surface area contributed by atoms with E-state index in [1.165, 1.54) is 11.1 Å². The molecule has 4 aromatic carbocycles. The van der Waals surface area contributed by atoms with Crippen LogP contribution in [-0.2, 0) is 64.3 Å². The van der Waals surface area contributed by atoms with Gasteiger partial charge in [0.25, 0.3) is 0 Å². The van der Waals surface area contributed by atoms with Crippen LogP contribution in [0.2, 0.25) is 0 Å². The first kappa shape index (κ1) is 69.8. The normalized spacial score (nSPS) is 20.8. The molecule has 20 heteroatoms. The molecule has 0 radical (unpaired) electrons. The molecule has 8 amide bonds. The molecule has 8 N–H and O–H groups in total. The summed E-state index contributed by atoms with van der Waals surface area (Å²) in [5.41, 5.74) is 5.47. The fourth-order valence-corrected chi connectivity index (χ4v) is 13.1. The highest BCUT2D eigenvalue weighted by atomic mass is 16.2. The van der Waals surface area contributed by atoms with Crippen LogP contribution in [0.5, 0.6) is 0 Å². The van der Waals surface area contributed by atoms with E-state index < -0.39 is 47.1 Å². The standard InChI is InChI=1S/C72H96N10O10/c1-43(73-9)65(87)79-63(71(3,4)5)69(91)81-41-47(35-57(81)67(89)77-55-23-15-19-49-17-11-13-21-53(49)55)37-59(83)51-29-25-45(26-30-51)39-75-61(85)33-34-62(86)76-40-46-27-31-52(32-28-46)60(84)38-48-36-58(68(90)78-56-24-16-20-50-18-12-14-22-54(50)56)82(42-48)70(92)64(72(6,7)8)80-66(88)44(2)74-10/h11-14,17-18,21-22,25-32,43-44,47-48,55-58,63-64,73-74H,15-16,19-20,23-24,33-42H2,1-10H3,(H,75,85)(H,76,86)(H,77,89)(H,78,90)(H,79,87)(H,80,88)/t43-,44-,47+,48+,55?,56?,57-,58-,63+,64+/m0/s1. The van der Waals surface area contributed by atoms with Crippen LogP contribution in [0.15, 0.2) is 97.1 Å². The minimum Gasteiger partial charge on any atom is -0.352 e. The van der Waals surface area contributed by atoms with Crippen LogP contribution in [0.1, 0.15) is 186 Å². The number of hydrogen-bond donors (Lipinski definition) is 8. The van der Waals surface area contributed by atoms with Crippen LogP contribution < -0.4 is 42.5 Å². The Morgan fingerprint density at radius 2 is 0.859 bits per heavy atom. The number of nitrogens with one attached hydrogen (secondary N) is 8. The molecule has 4 aromatic rings. The molecule has 2 unspecified atom stereocenters. The Morgan fingerprint density at radius 1 is 0.500 bits per heavy atom. The number of likely N-dealkylation sites (N-methyl/N-ethyl adjacent to an activating group) is 2. The second-order valence-corrected chi connectivity index (χ2v) is 27.9. The Balaban J connectivity index is 0.804. The Morgan fingerprint density at radius 3 is 1.21 bits per heavy atom. The lowest BCUT2D eigenvalue weighted by atomic mass is 9.85. The van der Waals surface area contributed by atoms with Gasteiger partial charge >= 0.3 is 0 Å². The summed E-state index contributed by atoms with van der Waals surface area (Å²) in [7, 11) is 3.33. The third-order valence-electron chi connectivity index (χ3n) is 18.8. The van der Waals surface area contributed by atoms with Crippen LogP contribution in [0, 0.1) is 22.7 Å². The van der Waals surface area contributed by atoms with Gasteiger partial charge in [0, 0.05) is 63.0 Å². The summed E-state index contributed by atoms with van der Waals surface area (Å²) in [6.07, 6.45) is 5.76. The number of carbonyl (C=O) groups excluding carboxylic acids is 10. The van der Waals surface area contributed by atoms with Crippen LogP contribution in [0.3, 0.4) is 0 Å². The second kappa shape index (κ2) is 31.0. The molecule has 2 aliphatic heterocycles. The number of rotatable bonds is 25. The van der Waals surface area contributed by atoms with Crippen LogP contribution >= 0.6 is 0 Å². The summed E-state index contributed by atoms with van der Waals surface area (Å²) < 4.78 is 0. The van der Waals surface area contributed by atoms with Gasteiger partial charge in [-0.25, -0.2) is 0 Å². The smallest absolute Gasteiger partial charge is 0.246 e. The molecule has 8 rings (SSSR count). The molecular weight excluding hydrogens is 1160 g/mol. The van der Waals surface area contributed by atoms with Gasteiger partial charge in [0.1, 0.15) is 24.2 Å². The van der Waals surface area contributed by atoms with Gasteiger partial charge in [-0.05, 0) is 135 Å². The van der Waals surface area contributed by atoms with Gasteiger partial charge in [-0.1, -0.05) is 139 Å². The predicted octanol–water partition coefficient (Wildman–Crippen LogP) is 6.64.